The number of benzene rings is 3. The second-order valence-corrected chi connectivity index (χ2v) is 6.01. The van der Waals surface area contributed by atoms with E-state index in [9.17, 15) is 0 Å². The molecule has 0 saturated carbocycles. The molecule has 0 spiro atoms. The molecular weight excluding hydrogens is 268 g/mol. The topological polar surface area (TPSA) is 9.86 Å². The molecule has 0 aliphatic carbocycles. The molecule has 0 atom stereocenters. The van der Waals surface area contributed by atoms with Gasteiger partial charge in [0.05, 0.1) is 11.0 Å². The van der Waals surface area contributed by atoms with Gasteiger partial charge in [-0.3, -0.25) is 0 Å². The van der Waals surface area contributed by atoms with E-state index in [1.54, 1.807) is 0 Å². The first-order valence-electron chi connectivity index (χ1n) is 7.60. The average Bonchev–Trinajstić information content (AvgIpc) is 3.02. The van der Waals surface area contributed by atoms with Crippen LogP contribution in [0.5, 0.6) is 0 Å². The molecule has 3 aromatic carbocycles. The lowest BCUT2D eigenvalue weighted by molar-refractivity contribution is 1.01. The second kappa shape index (κ2) is 3.92. The van der Waals surface area contributed by atoms with E-state index in [0.29, 0.717) is 0 Å². The third-order valence-corrected chi connectivity index (χ3v) is 4.94. The molecule has 22 heavy (non-hydrogen) atoms. The predicted molar refractivity (Wildman–Crippen MR) is 94.4 cm³/mol. The molecule has 0 aliphatic heterocycles. The van der Waals surface area contributed by atoms with E-state index in [-0.39, 0.29) is 0 Å². The van der Waals surface area contributed by atoms with Gasteiger partial charge in [-0.1, -0.05) is 42.5 Å². The van der Waals surface area contributed by atoms with Crippen LogP contribution >= 0.6 is 0 Å². The van der Waals surface area contributed by atoms with Crippen molar-refractivity contribution in [3.8, 4) is 0 Å². The highest BCUT2D eigenvalue weighted by atomic mass is 15.0. The second-order valence-electron chi connectivity index (χ2n) is 6.01. The van der Waals surface area contributed by atoms with Crippen molar-refractivity contribution in [2.75, 3.05) is 0 Å². The van der Waals surface area contributed by atoms with Crippen molar-refractivity contribution in [1.82, 2.24) is 9.13 Å². The zero-order chi connectivity index (χ0) is 14.8. The first-order valence-corrected chi connectivity index (χ1v) is 7.60. The van der Waals surface area contributed by atoms with Gasteiger partial charge in [-0.15, -0.1) is 0 Å². The van der Waals surface area contributed by atoms with Crippen molar-refractivity contribution in [2.45, 2.75) is 0 Å². The number of nitrogens with zero attached hydrogens (tertiary/aromatic N) is 2. The van der Waals surface area contributed by atoms with Crippen LogP contribution in [-0.4, -0.2) is 9.13 Å². The van der Waals surface area contributed by atoms with Gasteiger partial charge in [0.25, 0.3) is 0 Å². The maximum Gasteiger partial charge on any atom is 0.0590 e. The molecule has 0 unspecified atom stereocenters. The minimum Gasteiger partial charge on any atom is -0.344 e. The highest BCUT2D eigenvalue weighted by Crippen LogP contribution is 2.38. The van der Waals surface area contributed by atoms with Crippen LogP contribution in [0.25, 0.3) is 43.6 Å². The van der Waals surface area contributed by atoms with Gasteiger partial charge in [-0.05, 0) is 18.2 Å². The normalized spacial score (nSPS) is 12.1. The van der Waals surface area contributed by atoms with Crippen LogP contribution in [0, 0.1) is 0 Å². The summed E-state index contributed by atoms with van der Waals surface area (Å²) in [6, 6.07) is 21.8. The van der Waals surface area contributed by atoms with Crippen LogP contribution in [0.15, 0.2) is 60.7 Å². The van der Waals surface area contributed by atoms with Gasteiger partial charge in [0.2, 0.25) is 0 Å². The standard InChI is InChI=1S/C20H16N2/c1-21-17-10-6-4-8-15(17)19-18(21)12-11-14-13-7-3-5-9-16(13)22(2)20(14)19/h3-12H,1-2H3. The number of rotatable bonds is 0. The van der Waals surface area contributed by atoms with Gasteiger partial charge < -0.3 is 9.13 Å². The number of para-hydroxylation sites is 2. The van der Waals surface area contributed by atoms with Crippen LogP contribution in [0.2, 0.25) is 0 Å². The number of hydrogen-bond donors (Lipinski definition) is 0. The minimum absolute atomic E-state index is 1.29. The quantitative estimate of drug-likeness (QED) is 0.380. The maximum atomic E-state index is 2.33. The van der Waals surface area contributed by atoms with E-state index in [0.717, 1.165) is 0 Å². The molecule has 0 aliphatic rings. The van der Waals surface area contributed by atoms with Gasteiger partial charge in [-0.25, -0.2) is 0 Å². The highest BCUT2D eigenvalue weighted by Gasteiger charge is 2.15. The van der Waals surface area contributed by atoms with Gasteiger partial charge >= 0.3 is 0 Å². The van der Waals surface area contributed by atoms with Crippen LogP contribution < -0.4 is 0 Å². The first kappa shape index (κ1) is 11.9. The number of hydrogen-bond acceptors (Lipinski definition) is 0. The molecule has 0 amide bonds. The third kappa shape index (κ3) is 1.26. The van der Waals surface area contributed by atoms with E-state index in [1.807, 2.05) is 0 Å². The largest absolute Gasteiger partial charge is 0.344 e. The lowest BCUT2D eigenvalue weighted by atomic mass is 10.1. The fourth-order valence-electron chi connectivity index (χ4n) is 3.91. The molecule has 0 bridgehead atoms. The number of aromatic nitrogens is 2. The predicted octanol–water partition coefficient (Wildman–Crippen LogP) is 4.98. The minimum atomic E-state index is 1.29. The smallest absolute Gasteiger partial charge is 0.0590 e. The molecule has 2 nitrogen and oxygen atoms in total. The SMILES string of the molecule is Cn1c2ccccc2c2c1ccc1c3ccccc3n(C)c12. The summed E-state index contributed by atoms with van der Waals surface area (Å²) in [5.41, 5.74) is 5.20. The summed E-state index contributed by atoms with van der Waals surface area (Å²) in [5, 5.41) is 5.35. The Hall–Kier alpha value is -2.74. The molecule has 0 saturated heterocycles. The third-order valence-electron chi connectivity index (χ3n) is 4.94. The van der Waals surface area contributed by atoms with Crippen molar-refractivity contribution < 1.29 is 0 Å². The molecule has 0 fully saturated rings. The maximum absolute atomic E-state index is 2.33. The molecule has 5 aromatic rings. The zero-order valence-corrected chi connectivity index (χ0v) is 12.7. The molecule has 0 radical (unpaired) electrons. The Morgan fingerprint density at radius 1 is 0.545 bits per heavy atom. The van der Waals surface area contributed by atoms with E-state index >= 15 is 0 Å². The fraction of sp³-hybridized carbons (Fsp3) is 0.100. The van der Waals surface area contributed by atoms with E-state index in [2.05, 4.69) is 83.9 Å². The van der Waals surface area contributed by atoms with E-state index in [1.165, 1.54) is 43.6 Å². The zero-order valence-electron chi connectivity index (χ0n) is 12.7. The van der Waals surface area contributed by atoms with Gasteiger partial charge in [-0.2, -0.15) is 0 Å². The molecule has 5 rings (SSSR count). The van der Waals surface area contributed by atoms with Crippen LogP contribution in [0.3, 0.4) is 0 Å². The highest BCUT2D eigenvalue weighted by molar-refractivity contribution is 6.25. The number of fused-ring (bicyclic) bond motifs is 7. The summed E-state index contributed by atoms with van der Waals surface area (Å²) in [6.45, 7) is 0. The summed E-state index contributed by atoms with van der Waals surface area (Å²) in [4.78, 5) is 0. The average molecular weight is 284 g/mol. The summed E-state index contributed by atoms with van der Waals surface area (Å²) in [6.07, 6.45) is 0. The molecule has 2 heterocycles. The van der Waals surface area contributed by atoms with Crippen molar-refractivity contribution in [1.29, 1.82) is 0 Å². The van der Waals surface area contributed by atoms with Gasteiger partial charge in [0.15, 0.2) is 0 Å². The molecule has 2 heteroatoms. The Morgan fingerprint density at radius 2 is 1.18 bits per heavy atom. The van der Waals surface area contributed by atoms with Crippen molar-refractivity contribution in [3.63, 3.8) is 0 Å². The van der Waals surface area contributed by atoms with Crippen LogP contribution in [-0.2, 0) is 14.1 Å². The Balaban J connectivity index is 2.20. The van der Waals surface area contributed by atoms with E-state index in [4.69, 9.17) is 0 Å². The Kier molecular flexibility index (Phi) is 2.11. The Bertz CT molecular complexity index is 1190. The van der Waals surface area contributed by atoms with Gasteiger partial charge in [0, 0.05) is 46.7 Å². The Morgan fingerprint density at radius 3 is 1.95 bits per heavy atom. The Labute approximate surface area is 128 Å². The molecule has 0 N–H and O–H groups in total. The van der Waals surface area contributed by atoms with E-state index < -0.39 is 0 Å². The van der Waals surface area contributed by atoms with Crippen molar-refractivity contribution >= 4 is 43.6 Å². The number of aryl methyl sites for hydroxylation is 2. The summed E-state index contributed by atoms with van der Waals surface area (Å²) >= 11 is 0. The van der Waals surface area contributed by atoms with Crippen LogP contribution in [0.1, 0.15) is 0 Å². The fourth-order valence-corrected chi connectivity index (χ4v) is 3.91. The van der Waals surface area contributed by atoms with Crippen molar-refractivity contribution in [2.24, 2.45) is 14.1 Å². The summed E-state index contributed by atoms with van der Waals surface area (Å²) < 4.78 is 4.63. The van der Waals surface area contributed by atoms with Crippen molar-refractivity contribution in [3.05, 3.63) is 60.7 Å². The first-order chi connectivity index (χ1) is 10.8. The molecule has 106 valence electrons. The monoisotopic (exact) mass is 284 g/mol. The molecular formula is C20H16N2. The lowest BCUT2D eigenvalue weighted by Crippen LogP contribution is -1.88. The summed E-state index contributed by atoms with van der Waals surface area (Å²) in [5.74, 6) is 0. The van der Waals surface area contributed by atoms with Gasteiger partial charge in [0.1, 0.15) is 0 Å². The molecule has 2 aromatic heterocycles. The van der Waals surface area contributed by atoms with Crippen LogP contribution in [0.4, 0.5) is 0 Å². The lowest BCUT2D eigenvalue weighted by Gasteiger charge is -2.01. The summed E-state index contributed by atoms with van der Waals surface area (Å²) in [7, 11) is 4.32.